The number of benzene rings is 1. The summed E-state index contributed by atoms with van der Waals surface area (Å²) >= 11 is 0. The molecule has 0 heterocycles. The molecule has 2 heteroatoms. The van der Waals surface area contributed by atoms with Crippen molar-refractivity contribution in [3.63, 3.8) is 0 Å². The number of nitrogens with one attached hydrogen (secondary N) is 1. The van der Waals surface area contributed by atoms with Crippen LogP contribution in [0.4, 0.5) is 5.69 Å². The van der Waals surface area contributed by atoms with Gasteiger partial charge in [0.2, 0.25) is 5.91 Å². The van der Waals surface area contributed by atoms with Gasteiger partial charge in [0.05, 0.1) is 0 Å². The highest BCUT2D eigenvalue weighted by Gasteiger charge is 2.39. The third-order valence-electron chi connectivity index (χ3n) is 4.02. The molecule has 1 aromatic rings. The number of carbonyl (C=O) groups excluding carboxylic acids is 1. The maximum Gasteiger partial charge on any atom is 0.228 e. The first kappa shape index (κ1) is 10.6. The summed E-state index contributed by atoms with van der Waals surface area (Å²) in [7, 11) is 0. The van der Waals surface area contributed by atoms with Crippen LogP contribution < -0.4 is 5.32 Å². The molecule has 88 valence electrons. The van der Waals surface area contributed by atoms with Gasteiger partial charge in [0.1, 0.15) is 0 Å². The molecule has 2 aliphatic carbocycles. The van der Waals surface area contributed by atoms with Crippen LogP contribution in [0.15, 0.2) is 36.4 Å². The smallest absolute Gasteiger partial charge is 0.228 e. The average Bonchev–Trinajstić information content (AvgIpc) is 2.94. The van der Waals surface area contributed by atoms with Crippen LogP contribution in [-0.2, 0) is 4.79 Å². The number of hydrogen-bond donors (Lipinski definition) is 1. The van der Waals surface area contributed by atoms with E-state index in [1.54, 1.807) is 0 Å². The molecule has 1 saturated carbocycles. The Balaban J connectivity index is 1.72. The lowest BCUT2D eigenvalue weighted by atomic mass is 9.92. The lowest BCUT2D eigenvalue weighted by molar-refractivity contribution is -0.120. The van der Waals surface area contributed by atoms with Crippen molar-refractivity contribution in [2.45, 2.75) is 19.8 Å². The van der Waals surface area contributed by atoms with Crippen molar-refractivity contribution in [1.29, 1.82) is 0 Å². The molecule has 2 bridgehead atoms. The van der Waals surface area contributed by atoms with E-state index in [1.165, 1.54) is 6.42 Å². The highest BCUT2D eigenvalue weighted by Crippen LogP contribution is 2.43. The Morgan fingerprint density at radius 3 is 2.71 bits per heavy atom. The minimum atomic E-state index is 0.185. The molecule has 3 unspecified atom stereocenters. The van der Waals surface area contributed by atoms with Gasteiger partial charge in [-0.3, -0.25) is 4.79 Å². The fraction of sp³-hybridized carbons (Fsp3) is 0.400. The number of hydrogen-bond acceptors (Lipinski definition) is 1. The number of anilines is 1. The van der Waals surface area contributed by atoms with Crippen LogP contribution in [0.25, 0.3) is 0 Å². The average molecular weight is 227 g/mol. The predicted molar refractivity (Wildman–Crippen MR) is 68.7 cm³/mol. The van der Waals surface area contributed by atoms with E-state index in [9.17, 15) is 4.79 Å². The molecule has 2 nitrogen and oxygen atoms in total. The van der Waals surface area contributed by atoms with E-state index in [2.05, 4.69) is 17.5 Å². The molecule has 1 aromatic carbocycles. The standard InChI is InChI=1S/C15H17NO/c1-10-4-2-3-5-14(10)16-15(17)13-9-11-6-7-12(13)8-11/h2-7,11-13H,8-9H2,1H3,(H,16,17). The first-order valence-electron chi connectivity index (χ1n) is 6.29. The van der Waals surface area contributed by atoms with Crippen molar-refractivity contribution in [2.24, 2.45) is 17.8 Å². The van der Waals surface area contributed by atoms with Gasteiger partial charge >= 0.3 is 0 Å². The maximum absolute atomic E-state index is 12.2. The number of allylic oxidation sites excluding steroid dienone is 2. The summed E-state index contributed by atoms with van der Waals surface area (Å²) in [4.78, 5) is 12.2. The number of fused-ring (bicyclic) bond motifs is 2. The first-order valence-corrected chi connectivity index (χ1v) is 6.29. The zero-order valence-corrected chi connectivity index (χ0v) is 10.0. The van der Waals surface area contributed by atoms with Gasteiger partial charge in [0.15, 0.2) is 0 Å². The summed E-state index contributed by atoms with van der Waals surface area (Å²) in [6.45, 7) is 2.02. The van der Waals surface area contributed by atoms with E-state index in [1.807, 2.05) is 31.2 Å². The lowest BCUT2D eigenvalue weighted by Crippen LogP contribution is -2.26. The van der Waals surface area contributed by atoms with Gasteiger partial charge < -0.3 is 5.32 Å². The normalized spacial score (nSPS) is 29.6. The van der Waals surface area contributed by atoms with Crippen molar-refractivity contribution in [1.82, 2.24) is 0 Å². The van der Waals surface area contributed by atoms with Gasteiger partial charge in [-0.05, 0) is 43.2 Å². The van der Waals surface area contributed by atoms with Crippen LogP contribution in [0.2, 0.25) is 0 Å². The summed E-state index contributed by atoms with van der Waals surface area (Å²) in [5, 5.41) is 3.06. The van der Waals surface area contributed by atoms with Crippen LogP contribution in [0, 0.1) is 24.7 Å². The highest BCUT2D eigenvalue weighted by atomic mass is 16.1. The second-order valence-corrected chi connectivity index (χ2v) is 5.19. The van der Waals surface area contributed by atoms with Crippen LogP contribution in [0.1, 0.15) is 18.4 Å². The van der Waals surface area contributed by atoms with Gasteiger partial charge in [-0.15, -0.1) is 0 Å². The summed E-state index contributed by atoms with van der Waals surface area (Å²) in [6, 6.07) is 7.95. The van der Waals surface area contributed by atoms with Gasteiger partial charge in [0.25, 0.3) is 0 Å². The van der Waals surface area contributed by atoms with Gasteiger partial charge in [-0.2, -0.15) is 0 Å². The molecule has 0 saturated heterocycles. The molecule has 1 N–H and O–H groups in total. The quantitative estimate of drug-likeness (QED) is 0.773. The van der Waals surface area contributed by atoms with E-state index in [4.69, 9.17) is 0 Å². The molecule has 0 spiro atoms. The summed E-state index contributed by atoms with van der Waals surface area (Å²) in [5.41, 5.74) is 2.07. The van der Waals surface area contributed by atoms with Crippen LogP contribution in [-0.4, -0.2) is 5.91 Å². The largest absolute Gasteiger partial charge is 0.326 e. The Hall–Kier alpha value is -1.57. The number of rotatable bonds is 2. The summed E-state index contributed by atoms with van der Waals surface area (Å²) in [6.07, 6.45) is 6.68. The Kier molecular flexibility index (Phi) is 2.50. The molecule has 0 radical (unpaired) electrons. The number of para-hydroxylation sites is 1. The summed E-state index contributed by atoms with van der Waals surface area (Å²) < 4.78 is 0. The van der Waals surface area contributed by atoms with E-state index in [0.717, 1.165) is 17.7 Å². The van der Waals surface area contributed by atoms with Crippen molar-refractivity contribution in [3.05, 3.63) is 42.0 Å². The molecular weight excluding hydrogens is 210 g/mol. The highest BCUT2D eigenvalue weighted by molar-refractivity contribution is 5.93. The SMILES string of the molecule is Cc1ccccc1NC(=O)C1CC2C=CC1C2. The molecule has 1 amide bonds. The molecule has 1 fully saturated rings. The molecule has 2 aliphatic rings. The Labute approximate surface area is 102 Å². The molecule has 0 aromatic heterocycles. The Morgan fingerprint density at radius 1 is 1.24 bits per heavy atom. The molecule has 3 atom stereocenters. The molecule has 17 heavy (non-hydrogen) atoms. The zero-order chi connectivity index (χ0) is 11.8. The second-order valence-electron chi connectivity index (χ2n) is 5.19. The molecular formula is C15H17NO. The minimum absolute atomic E-state index is 0.185. The number of carbonyl (C=O) groups is 1. The third kappa shape index (κ3) is 1.88. The van der Waals surface area contributed by atoms with Crippen molar-refractivity contribution >= 4 is 11.6 Å². The lowest BCUT2D eigenvalue weighted by Gasteiger charge is -2.18. The predicted octanol–water partition coefficient (Wildman–Crippen LogP) is 3.15. The number of aryl methyl sites for hydroxylation is 1. The topological polar surface area (TPSA) is 29.1 Å². The fourth-order valence-corrected chi connectivity index (χ4v) is 3.02. The van der Waals surface area contributed by atoms with Crippen molar-refractivity contribution in [2.75, 3.05) is 5.32 Å². The monoisotopic (exact) mass is 227 g/mol. The van der Waals surface area contributed by atoms with E-state index in [-0.39, 0.29) is 11.8 Å². The Morgan fingerprint density at radius 2 is 2.06 bits per heavy atom. The van der Waals surface area contributed by atoms with E-state index < -0.39 is 0 Å². The summed E-state index contributed by atoms with van der Waals surface area (Å²) in [5.74, 6) is 1.50. The van der Waals surface area contributed by atoms with Gasteiger partial charge in [0, 0.05) is 11.6 Å². The zero-order valence-electron chi connectivity index (χ0n) is 10.0. The number of amides is 1. The minimum Gasteiger partial charge on any atom is -0.326 e. The molecule has 3 rings (SSSR count). The van der Waals surface area contributed by atoms with Crippen molar-refractivity contribution in [3.8, 4) is 0 Å². The van der Waals surface area contributed by atoms with Crippen LogP contribution in [0.5, 0.6) is 0 Å². The second kappa shape index (κ2) is 4.02. The first-order chi connectivity index (χ1) is 8.24. The van der Waals surface area contributed by atoms with Gasteiger partial charge in [-0.25, -0.2) is 0 Å². The Bertz CT molecular complexity index is 478. The van der Waals surface area contributed by atoms with Gasteiger partial charge in [-0.1, -0.05) is 30.4 Å². The van der Waals surface area contributed by atoms with E-state index >= 15 is 0 Å². The van der Waals surface area contributed by atoms with Crippen LogP contribution in [0.3, 0.4) is 0 Å². The third-order valence-corrected chi connectivity index (χ3v) is 4.02. The molecule has 0 aliphatic heterocycles. The maximum atomic E-state index is 12.2. The fourth-order valence-electron chi connectivity index (χ4n) is 3.02. The van der Waals surface area contributed by atoms with Crippen molar-refractivity contribution < 1.29 is 4.79 Å². The van der Waals surface area contributed by atoms with Crippen LogP contribution >= 0.6 is 0 Å². The van der Waals surface area contributed by atoms with E-state index in [0.29, 0.717) is 11.8 Å².